The normalized spacial score (nSPS) is 15.7. The third-order valence-corrected chi connectivity index (χ3v) is 8.51. The molecule has 0 fully saturated rings. The molecule has 0 saturated heterocycles. The summed E-state index contributed by atoms with van der Waals surface area (Å²) in [4.78, 5) is 0. The second-order valence-electron chi connectivity index (χ2n) is 10.9. The second kappa shape index (κ2) is 9.64. The van der Waals surface area contributed by atoms with Gasteiger partial charge in [-0.25, -0.2) is 0 Å². The van der Waals surface area contributed by atoms with E-state index in [9.17, 15) is 0 Å². The van der Waals surface area contributed by atoms with Gasteiger partial charge in [0.05, 0.1) is 0 Å². The van der Waals surface area contributed by atoms with E-state index in [1.165, 1.54) is 0 Å². The summed E-state index contributed by atoms with van der Waals surface area (Å²) in [5, 5.41) is 2.27. The molecule has 0 N–H and O–H groups in total. The van der Waals surface area contributed by atoms with Crippen LogP contribution in [-0.4, -0.2) is 0 Å². The first-order chi connectivity index (χ1) is 20.8. The van der Waals surface area contributed by atoms with Crippen molar-refractivity contribution in [1.29, 1.82) is 0 Å². The van der Waals surface area contributed by atoms with E-state index in [0.717, 1.165) is 55.7 Å². The Morgan fingerprint density at radius 3 is 1.02 bits per heavy atom. The molecule has 2 aliphatic heterocycles. The largest absolute Gasteiger partial charge is 0.473 e. The van der Waals surface area contributed by atoms with Gasteiger partial charge >= 0.3 is 0 Å². The van der Waals surface area contributed by atoms with Crippen LogP contribution >= 0.6 is 0 Å². The van der Waals surface area contributed by atoms with E-state index in [4.69, 9.17) is 9.47 Å². The highest BCUT2D eigenvalue weighted by Crippen LogP contribution is 2.49. The highest BCUT2D eigenvalue weighted by molar-refractivity contribution is 6.02. The summed E-state index contributed by atoms with van der Waals surface area (Å²) in [7, 11) is 0. The van der Waals surface area contributed by atoms with Crippen LogP contribution in [0.2, 0.25) is 0 Å². The fourth-order valence-electron chi connectivity index (χ4n) is 6.46. The van der Waals surface area contributed by atoms with Gasteiger partial charge in [0, 0.05) is 38.8 Å². The number of ether oxygens (including phenoxy) is 2. The second-order valence-corrected chi connectivity index (χ2v) is 10.9. The van der Waals surface area contributed by atoms with Crippen LogP contribution in [0.5, 0.6) is 11.5 Å². The van der Waals surface area contributed by atoms with Crippen molar-refractivity contribution < 1.29 is 9.47 Å². The molecule has 200 valence electrons. The molecule has 6 aromatic rings. The molecule has 0 radical (unpaired) electrons. The maximum atomic E-state index is 7.02. The molecule has 0 atom stereocenters. The quantitative estimate of drug-likeness (QED) is 0.222. The topological polar surface area (TPSA) is 18.5 Å². The first kappa shape index (κ1) is 24.5. The van der Waals surface area contributed by atoms with Crippen molar-refractivity contribution in [2.24, 2.45) is 0 Å². The summed E-state index contributed by atoms with van der Waals surface area (Å²) in [6, 6.07) is 50.3. The van der Waals surface area contributed by atoms with E-state index >= 15 is 0 Å². The van der Waals surface area contributed by atoms with E-state index in [0.29, 0.717) is 0 Å². The van der Waals surface area contributed by atoms with Crippen LogP contribution in [0.15, 0.2) is 158 Å². The molecule has 0 spiro atoms. The van der Waals surface area contributed by atoms with Crippen molar-refractivity contribution in [2.75, 3.05) is 0 Å². The van der Waals surface area contributed by atoms with Gasteiger partial charge in [-0.05, 0) is 41.8 Å². The Morgan fingerprint density at radius 1 is 0.357 bits per heavy atom. The lowest BCUT2D eigenvalue weighted by Crippen LogP contribution is -2.34. The Labute approximate surface area is 245 Å². The van der Waals surface area contributed by atoms with Crippen LogP contribution < -0.4 is 9.47 Å². The first-order valence-corrected chi connectivity index (χ1v) is 14.4. The van der Waals surface area contributed by atoms with Gasteiger partial charge in [-0.15, -0.1) is 0 Å². The molecule has 0 amide bonds. The highest BCUT2D eigenvalue weighted by atomic mass is 16.5. The number of hydrogen-bond acceptors (Lipinski definition) is 2. The average molecular weight is 541 g/mol. The van der Waals surface area contributed by atoms with Gasteiger partial charge < -0.3 is 9.47 Å². The van der Waals surface area contributed by atoms with Crippen molar-refractivity contribution in [1.82, 2.24) is 0 Å². The molecule has 0 aliphatic carbocycles. The summed E-state index contributed by atoms with van der Waals surface area (Å²) in [5.41, 5.74) is 5.04. The minimum Gasteiger partial charge on any atom is -0.473 e. The van der Waals surface area contributed by atoms with Gasteiger partial charge in [0.15, 0.2) is 11.2 Å². The number of fused-ring (bicyclic) bond motifs is 5. The van der Waals surface area contributed by atoms with E-state index in [-0.39, 0.29) is 0 Å². The molecule has 2 nitrogen and oxygen atoms in total. The zero-order valence-corrected chi connectivity index (χ0v) is 23.0. The molecule has 6 aromatic carbocycles. The van der Waals surface area contributed by atoms with Crippen LogP contribution in [0.25, 0.3) is 22.9 Å². The van der Waals surface area contributed by atoms with Gasteiger partial charge in [-0.1, -0.05) is 133 Å². The molecular formula is C40H28O2. The summed E-state index contributed by atoms with van der Waals surface area (Å²) < 4.78 is 14.0. The summed E-state index contributed by atoms with van der Waals surface area (Å²) >= 11 is 0. The average Bonchev–Trinajstić information content (AvgIpc) is 3.09. The number of benzene rings is 6. The molecule has 2 aliphatic rings. The molecule has 2 heteroatoms. The summed E-state index contributed by atoms with van der Waals surface area (Å²) in [6.45, 7) is 0. The minimum atomic E-state index is -0.722. The highest BCUT2D eigenvalue weighted by Gasteiger charge is 2.39. The lowest BCUT2D eigenvalue weighted by molar-refractivity contribution is 0.160. The predicted molar refractivity (Wildman–Crippen MR) is 171 cm³/mol. The van der Waals surface area contributed by atoms with Crippen molar-refractivity contribution in [3.8, 4) is 11.5 Å². The third-order valence-electron chi connectivity index (χ3n) is 8.51. The Kier molecular flexibility index (Phi) is 5.61. The predicted octanol–water partition coefficient (Wildman–Crippen LogP) is 9.54. The molecule has 2 heterocycles. The molecule has 42 heavy (non-hydrogen) atoms. The van der Waals surface area contributed by atoms with Gasteiger partial charge in [0.2, 0.25) is 0 Å². The van der Waals surface area contributed by atoms with Crippen LogP contribution in [0, 0.1) is 0 Å². The van der Waals surface area contributed by atoms with E-state index < -0.39 is 11.2 Å². The zero-order valence-electron chi connectivity index (χ0n) is 23.0. The number of rotatable bonds is 4. The SMILES string of the molecule is C1=CC(c2ccccc2)(c2ccccc2)Oc2ccc3ccc4c(c3c21)C=CC(c1ccccc1)(c1ccccc1)O4. The maximum Gasteiger partial charge on any atom is 0.178 e. The standard InChI is InChI=1S/C40H28O2/c1-5-13-30(14-6-1)39(31-15-7-2-8-16-31)27-25-34-36(41-39)23-21-29-22-24-37-35(38(29)34)26-28-40(42-37,32-17-9-3-10-18-32)33-19-11-4-12-20-33/h1-28H. The van der Waals surface area contributed by atoms with Gasteiger partial charge in [-0.2, -0.15) is 0 Å². The molecule has 0 aromatic heterocycles. The van der Waals surface area contributed by atoms with Crippen molar-refractivity contribution in [3.05, 3.63) is 191 Å². The van der Waals surface area contributed by atoms with Gasteiger partial charge in [-0.3, -0.25) is 0 Å². The fourth-order valence-corrected chi connectivity index (χ4v) is 6.46. The lowest BCUT2D eigenvalue weighted by atomic mass is 9.81. The first-order valence-electron chi connectivity index (χ1n) is 14.4. The monoisotopic (exact) mass is 540 g/mol. The van der Waals surface area contributed by atoms with Crippen LogP contribution in [0.3, 0.4) is 0 Å². The summed E-state index contributed by atoms with van der Waals surface area (Å²) in [5.74, 6) is 1.70. The molecule has 0 saturated carbocycles. The van der Waals surface area contributed by atoms with E-state index in [1.807, 2.05) is 24.3 Å². The summed E-state index contributed by atoms with van der Waals surface area (Å²) in [6.07, 6.45) is 8.85. The van der Waals surface area contributed by atoms with Gasteiger partial charge in [0.1, 0.15) is 11.5 Å². The Morgan fingerprint density at radius 2 is 0.690 bits per heavy atom. The minimum absolute atomic E-state index is 0.722. The molecule has 8 rings (SSSR count). The van der Waals surface area contributed by atoms with Gasteiger partial charge in [0.25, 0.3) is 0 Å². The fraction of sp³-hybridized carbons (Fsp3) is 0.0500. The maximum absolute atomic E-state index is 7.02. The molecular weight excluding hydrogens is 512 g/mol. The lowest BCUT2D eigenvalue weighted by Gasteiger charge is -2.38. The van der Waals surface area contributed by atoms with Crippen molar-refractivity contribution >= 4 is 22.9 Å². The van der Waals surface area contributed by atoms with E-state index in [1.54, 1.807) is 0 Å². The van der Waals surface area contributed by atoms with Crippen LogP contribution in [-0.2, 0) is 11.2 Å². The molecule has 0 unspecified atom stereocenters. The van der Waals surface area contributed by atoms with Crippen LogP contribution in [0.4, 0.5) is 0 Å². The van der Waals surface area contributed by atoms with Crippen molar-refractivity contribution in [2.45, 2.75) is 11.2 Å². The van der Waals surface area contributed by atoms with Crippen molar-refractivity contribution in [3.63, 3.8) is 0 Å². The van der Waals surface area contributed by atoms with Crippen LogP contribution in [0.1, 0.15) is 33.4 Å². The molecule has 0 bridgehead atoms. The number of hydrogen-bond donors (Lipinski definition) is 0. The Balaban J connectivity index is 1.30. The third kappa shape index (κ3) is 3.73. The Hall–Kier alpha value is -5.34. The smallest absolute Gasteiger partial charge is 0.178 e. The van der Waals surface area contributed by atoms with E-state index in [2.05, 4.69) is 146 Å². The zero-order chi connectivity index (χ0) is 28.0. The Bertz CT molecular complexity index is 1740.